The summed E-state index contributed by atoms with van der Waals surface area (Å²) in [5.74, 6) is 3.31. The van der Waals surface area contributed by atoms with E-state index in [9.17, 15) is 4.79 Å². The van der Waals surface area contributed by atoms with Crippen molar-refractivity contribution in [2.45, 2.75) is 70.8 Å². The minimum absolute atomic E-state index is 0.237. The molecule has 0 saturated heterocycles. The van der Waals surface area contributed by atoms with E-state index in [-0.39, 0.29) is 5.92 Å². The molecule has 1 amide bonds. The van der Waals surface area contributed by atoms with Gasteiger partial charge < -0.3 is 11.1 Å². The van der Waals surface area contributed by atoms with Crippen LogP contribution in [0.15, 0.2) is 0 Å². The standard InChI is InChI=1S/C18H32N2O/c1-12-4-2-5-13(8-12)11-20-18(21)16-9-14-6-3-7-15(10-16)17(14)19/h12-17H,2-11,19H2,1H3,(H,20,21). The van der Waals surface area contributed by atoms with Crippen LogP contribution in [0, 0.1) is 29.6 Å². The summed E-state index contributed by atoms with van der Waals surface area (Å²) in [5, 5.41) is 3.27. The summed E-state index contributed by atoms with van der Waals surface area (Å²) in [6.45, 7) is 3.25. The summed E-state index contributed by atoms with van der Waals surface area (Å²) in [6.07, 6.45) is 11.2. The Hall–Kier alpha value is -0.570. The lowest BCUT2D eigenvalue weighted by Crippen LogP contribution is -2.49. The molecule has 3 aliphatic rings. The second-order valence-electron chi connectivity index (χ2n) is 8.08. The van der Waals surface area contributed by atoms with Gasteiger partial charge in [0, 0.05) is 18.5 Å². The van der Waals surface area contributed by atoms with Gasteiger partial charge in [-0.25, -0.2) is 0 Å². The molecule has 3 fully saturated rings. The largest absolute Gasteiger partial charge is 0.356 e. The molecule has 120 valence electrons. The van der Waals surface area contributed by atoms with E-state index >= 15 is 0 Å². The second kappa shape index (κ2) is 6.68. The highest BCUT2D eigenvalue weighted by Crippen LogP contribution is 2.41. The van der Waals surface area contributed by atoms with Crippen LogP contribution in [0.25, 0.3) is 0 Å². The minimum Gasteiger partial charge on any atom is -0.356 e. The Kier molecular flexibility index (Phi) is 4.88. The molecule has 0 aromatic carbocycles. The van der Waals surface area contributed by atoms with Gasteiger partial charge in [0.05, 0.1) is 0 Å². The molecule has 3 nitrogen and oxygen atoms in total. The summed E-state index contributed by atoms with van der Waals surface area (Å²) in [7, 11) is 0. The van der Waals surface area contributed by atoms with Gasteiger partial charge >= 0.3 is 0 Å². The topological polar surface area (TPSA) is 55.1 Å². The third-order valence-corrected chi connectivity index (χ3v) is 6.39. The van der Waals surface area contributed by atoms with Crippen LogP contribution in [0.3, 0.4) is 0 Å². The first-order valence-electron chi connectivity index (χ1n) is 9.16. The molecule has 2 bridgehead atoms. The van der Waals surface area contributed by atoms with E-state index in [1.165, 1.54) is 44.9 Å². The SMILES string of the molecule is CC1CCCC(CNC(=O)C2CC3CCCC(C2)C3N)C1. The molecule has 3 rings (SSSR count). The monoisotopic (exact) mass is 292 g/mol. The molecule has 3 N–H and O–H groups in total. The maximum Gasteiger partial charge on any atom is 0.223 e. The van der Waals surface area contributed by atoms with Crippen molar-refractivity contribution in [3.05, 3.63) is 0 Å². The van der Waals surface area contributed by atoms with Crippen LogP contribution in [0.2, 0.25) is 0 Å². The van der Waals surface area contributed by atoms with Crippen molar-refractivity contribution < 1.29 is 4.79 Å². The molecule has 21 heavy (non-hydrogen) atoms. The zero-order chi connectivity index (χ0) is 14.8. The van der Waals surface area contributed by atoms with Gasteiger partial charge in [-0.2, -0.15) is 0 Å². The maximum atomic E-state index is 12.5. The molecule has 4 unspecified atom stereocenters. The van der Waals surface area contributed by atoms with Gasteiger partial charge in [0.15, 0.2) is 0 Å². The molecule has 0 spiro atoms. The van der Waals surface area contributed by atoms with Gasteiger partial charge in [-0.3, -0.25) is 4.79 Å². The van der Waals surface area contributed by atoms with Gasteiger partial charge in [-0.05, 0) is 62.2 Å². The van der Waals surface area contributed by atoms with Crippen LogP contribution in [0.1, 0.15) is 64.7 Å². The normalized spacial score (nSPS) is 43.3. The number of fused-ring (bicyclic) bond motifs is 2. The van der Waals surface area contributed by atoms with Crippen molar-refractivity contribution in [1.29, 1.82) is 0 Å². The average Bonchev–Trinajstić information content (AvgIpc) is 2.44. The van der Waals surface area contributed by atoms with Crippen molar-refractivity contribution in [3.8, 4) is 0 Å². The Morgan fingerprint density at radius 3 is 2.38 bits per heavy atom. The Morgan fingerprint density at radius 2 is 1.71 bits per heavy atom. The van der Waals surface area contributed by atoms with E-state index in [1.54, 1.807) is 0 Å². The fraction of sp³-hybridized carbons (Fsp3) is 0.944. The van der Waals surface area contributed by atoms with E-state index in [0.717, 1.165) is 25.3 Å². The van der Waals surface area contributed by atoms with Crippen LogP contribution < -0.4 is 11.1 Å². The minimum atomic E-state index is 0.237. The van der Waals surface area contributed by atoms with Crippen molar-refractivity contribution >= 4 is 5.91 Å². The van der Waals surface area contributed by atoms with Crippen molar-refractivity contribution in [2.24, 2.45) is 35.3 Å². The number of nitrogens with two attached hydrogens (primary N) is 1. The number of carbonyl (C=O) groups excluding carboxylic acids is 1. The van der Waals surface area contributed by atoms with Crippen LogP contribution >= 0.6 is 0 Å². The van der Waals surface area contributed by atoms with Crippen molar-refractivity contribution in [1.82, 2.24) is 5.32 Å². The maximum absolute atomic E-state index is 12.5. The molecule has 0 aliphatic heterocycles. The molecule has 3 saturated carbocycles. The highest BCUT2D eigenvalue weighted by molar-refractivity contribution is 5.78. The summed E-state index contributed by atoms with van der Waals surface area (Å²) < 4.78 is 0. The van der Waals surface area contributed by atoms with Crippen molar-refractivity contribution in [3.63, 3.8) is 0 Å². The van der Waals surface area contributed by atoms with Crippen LogP contribution in [-0.2, 0) is 4.79 Å². The number of rotatable bonds is 3. The molecule has 3 heteroatoms. The van der Waals surface area contributed by atoms with Gasteiger partial charge in [0.25, 0.3) is 0 Å². The first-order valence-corrected chi connectivity index (χ1v) is 9.16. The van der Waals surface area contributed by atoms with E-state index in [2.05, 4.69) is 12.2 Å². The Balaban J connectivity index is 1.47. The molecule has 0 heterocycles. The predicted molar refractivity (Wildman–Crippen MR) is 85.7 cm³/mol. The molecular weight excluding hydrogens is 260 g/mol. The quantitative estimate of drug-likeness (QED) is 0.840. The van der Waals surface area contributed by atoms with Gasteiger partial charge in [-0.15, -0.1) is 0 Å². The number of amides is 1. The summed E-state index contributed by atoms with van der Waals surface area (Å²) in [6, 6.07) is 0.363. The van der Waals surface area contributed by atoms with E-state index in [4.69, 9.17) is 5.73 Å². The number of nitrogens with one attached hydrogen (secondary N) is 1. The van der Waals surface area contributed by atoms with Gasteiger partial charge in [0.1, 0.15) is 0 Å². The molecule has 3 aliphatic carbocycles. The lowest BCUT2D eigenvalue weighted by molar-refractivity contribution is -0.128. The van der Waals surface area contributed by atoms with E-state index < -0.39 is 0 Å². The van der Waals surface area contributed by atoms with Crippen LogP contribution in [-0.4, -0.2) is 18.5 Å². The van der Waals surface area contributed by atoms with Gasteiger partial charge in [-0.1, -0.05) is 26.2 Å². The molecule has 0 aromatic rings. The lowest BCUT2D eigenvalue weighted by Gasteiger charge is -2.43. The third-order valence-electron chi connectivity index (χ3n) is 6.39. The second-order valence-corrected chi connectivity index (χ2v) is 8.08. The van der Waals surface area contributed by atoms with E-state index in [0.29, 0.717) is 29.7 Å². The smallest absolute Gasteiger partial charge is 0.223 e. The molecule has 0 aromatic heterocycles. The lowest BCUT2D eigenvalue weighted by atomic mass is 9.65. The first-order chi connectivity index (χ1) is 10.1. The fourth-order valence-corrected chi connectivity index (χ4v) is 5.14. The van der Waals surface area contributed by atoms with Crippen molar-refractivity contribution in [2.75, 3.05) is 6.54 Å². The summed E-state index contributed by atoms with van der Waals surface area (Å²) in [5.41, 5.74) is 6.32. The summed E-state index contributed by atoms with van der Waals surface area (Å²) >= 11 is 0. The predicted octanol–water partition coefficient (Wildman–Crippen LogP) is 3.08. The first kappa shape index (κ1) is 15.3. The average molecular weight is 292 g/mol. The zero-order valence-electron chi connectivity index (χ0n) is 13.5. The zero-order valence-corrected chi connectivity index (χ0v) is 13.5. The van der Waals surface area contributed by atoms with Crippen LogP contribution in [0.4, 0.5) is 0 Å². The van der Waals surface area contributed by atoms with E-state index in [1.807, 2.05) is 0 Å². The van der Waals surface area contributed by atoms with Gasteiger partial charge in [0.2, 0.25) is 5.91 Å². The van der Waals surface area contributed by atoms with Crippen LogP contribution in [0.5, 0.6) is 0 Å². The Morgan fingerprint density at radius 1 is 1.05 bits per heavy atom. The highest BCUT2D eigenvalue weighted by Gasteiger charge is 2.40. The number of carbonyl (C=O) groups is 1. The Bertz CT molecular complexity index is 356. The summed E-state index contributed by atoms with van der Waals surface area (Å²) in [4.78, 5) is 12.5. The molecule has 0 radical (unpaired) electrons. The fourth-order valence-electron chi connectivity index (χ4n) is 5.14. The highest BCUT2D eigenvalue weighted by atomic mass is 16.1. The number of hydrogen-bond acceptors (Lipinski definition) is 2. The third kappa shape index (κ3) is 3.61. The molecular formula is C18H32N2O. The Labute approximate surface area is 129 Å². The molecule has 4 atom stereocenters. The number of hydrogen-bond donors (Lipinski definition) is 2.